The van der Waals surface area contributed by atoms with Gasteiger partial charge in [-0.3, -0.25) is 9.89 Å². The van der Waals surface area contributed by atoms with Gasteiger partial charge in [0.1, 0.15) is 6.04 Å². The second-order valence-electron chi connectivity index (χ2n) is 7.96. The lowest BCUT2D eigenvalue weighted by molar-refractivity contribution is -0.161. The van der Waals surface area contributed by atoms with Crippen LogP contribution in [0.3, 0.4) is 0 Å². The van der Waals surface area contributed by atoms with Crippen LogP contribution in [-0.2, 0) is 14.3 Å². The summed E-state index contributed by atoms with van der Waals surface area (Å²) in [6.07, 6.45) is 7.96. The van der Waals surface area contributed by atoms with Gasteiger partial charge in [0.25, 0.3) is 0 Å². The molecule has 0 bridgehead atoms. The highest BCUT2D eigenvalue weighted by Gasteiger charge is 2.28. The number of rotatable bonds is 5. The lowest BCUT2D eigenvalue weighted by Gasteiger charge is -2.28. The molecule has 0 unspecified atom stereocenters. The molecule has 0 radical (unpaired) electrons. The van der Waals surface area contributed by atoms with Crippen LogP contribution in [0.1, 0.15) is 56.4 Å². The van der Waals surface area contributed by atoms with Crippen molar-refractivity contribution >= 4 is 11.9 Å². The van der Waals surface area contributed by atoms with E-state index < -0.39 is 5.97 Å². The zero-order valence-electron chi connectivity index (χ0n) is 16.0. The van der Waals surface area contributed by atoms with Crippen molar-refractivity contribution in [2.75, 3.05) is 6.54 Å². The number of hydrogen-bond acceptors (Lipinski definition) is 5. The van der Waals surface area contributed by atoms with Gasteiger partial charge in [-0.05, 0) is 74.1 Å². The summed E-state index contributed by atoms with van der Waals surface area (Å²) in [6, 6.07) is 10.3. The van der Waals surface area contributed by atoms with E-state index in [2.05, 4.69) is 39.8 Å². The number of carbonyl (C=O) groups is 2. The Labute approximate surface area is 165 Å². The smallest absolute Gasteiger partial charge is 0.330 e. The average Bonchev–Trinajstić information content (AvgIpc) is 3.43. The number of aromatic nitrogens is 2. The molecule has 4 rings (SSSR count). The number of carbonyl (C=O) groups excluding carboxylic acids is 2. The number of aromatic amines is 1. The standard InChI is InChI=1S/C22H27N3O3/c26-21(28-22(27)20-2-1-12-23-20)14-15-3-5-16(6-4-15)17-7-9-18(10-8-17)19-11-13-24-25-19/h7-11,13,15-16,20,23H,1-6,12,14H2,(H,24,25)/t15?,16?,20-/m0/s1. The predicted molar refractivity (Wildman–Crippen MR) is 105 cm³/mol. The minimum absolute atomic E-state index is 0.301. The van der Waals surface area contributed by atoms with Crippen molar-refractivity contribution in [3.63, 3.8) is 0 Å². The summed E-state index contributed by atoms with van der Waals surface area (Å²) in [5, 5.41) is 10.1. The van der Waals surface area contributed by atoms with Crippen LogP contribution in [0.25, 0.3) is 11.3 Å². The first-order valence-corrected chi connectivity index (χ1v) is 10.3. The van der Waals surface area contributed by atoms with Gasteiger partial charge in [0.2, 0.25) is 0 Å². The van der Waals surface area contributed by atoms with E-state index in [1.165, 1.54) is 5.56 Å². The number of ether oxygens (including phenoxy) is 1. The summed E-state index contributed by atoms with van der Waals surface area (Å²) < 4.78 is 5.05. The van der Waals surface area contributed by atoms with Crippen LogP contribution in [0.5, 0.6) is 0 Å². The van der Waals surface area contributed by atoms with Crippen molar-refractivity contribution in [2.45, 2.75) is 56.9 Å². The molecule has 2 aromatic rings. The quantitative estimate of drug-likeness (QED) is 0.611. The maximum atomic E-state index is 12.1. The first-order valence-electron chi connectivity index (χ1n) is 10.3. The molecule has 2 aliphatic rings. The SMILES string of the molecule is O=C(CC1CCC(c2ccc(-c3ccn[nH]3)cc2)CC1)OC(=O)[C@@H]1CCCN1. The third-order valence-electron chi connectivity index (χ3n) is 6.06. The van der Waals surface area contributed by atoms with Crippen molar-refractivity contribution in [2.24, 2.45) is 5.92 Å². The molecule has 1 aromatic heterocycles. The molecule has 6 nitrogen and oxygen atoms in total. The maximum absolute atomic E-state index is 12.1. The molecule has 1 atom stereocenters. The highest BCUT2D eigenvalue weighted by atomic mass is 16.6. The molecule has 2 fully saturated rings. The van der Waals surface area contributed by atoms with Crippen LogP contribution in [0, 0.1) is 5.92 Å². The van der Waals surface area contributed by atoms with E-state index in [0.717, 1.165) is 56.3 Å². The molecular weight excluding hydrogens is 354 g/mol. The summed E-state index contributed by atoms with van der Waals surface area (Å²) in [4.78, 5) is 24.0. The fraction of sp³-hybridized carbons (Fsp3) is 0.500. The Morgan fingerprint density at radius 1 is 1.04 bits per heavy atom. The van der Waals surface area contributed by atoms with E-state index in [1.807, 2.05) is 6.07 Å². The van der Waals surface area contributed by atoms with Crippen molar-refractivity contribution in [1.82, 2.24) is 15.5 Å². The highest BCUT2D eigenvalue weighted by molar-refractivity contribution is 5.88. The highest BCUT2D eigenvalue weighted by Crippen LogP contribution is 2.37. The fourth-order valence-corrected chi connectivity index (χ4v) is 4.40. The largest absolute Gasteiger partial charge is 0.392 e. The number of esters is 2. The van der Waals surface area contributed by atoms with Crippen LogP contribution in [0.4, 0.5) is 0 Å². The summed E-state index contributed by atoms with van der Waals surface area (Å²) in [6.45, 7) is 0.820. The minimum Gasteiger partial charge on any atom is -0.392 e. The van der Waals surface area contributed by atoms with E-state index in [-0.39, 0.29) is 12.0 Å². The van der Waals surface area contributed by atoms with Crippen LogP contribution in [0.15, 0.2) is 36.5 Å². The molecule has 148 valence electrons. The molecule has 1 aromatic carbocycles. The predicted octanol–water partition coefficient (Wildman–Crippen LogP) is 3.56. The molecule has 0 spiro atoms. The topological polar surface area (TPSA) is 84.1 Å². The number of benzene rings is 1. The monoisotopic (exact) mass is 381 g/mol. The molecular formula is C22H27N3O3. The van der Waals surface area contributed by atoms with Crippen LogP contribution < -0.4 is 5.32 Å². The summed E-state index contributed by atoms with van der Waals surface area (Å²) >= 11 is 0. The summed E-state index contributed by atoms with van der Waals surface area (Å²) in [5.41, 5.74) is 3.52. The number of nitrogens with zero attached hydrogens (tertiary/aromatic N) is 1. The Morgan fingerprint density at radius 3 is 2.46 bits per heavy atom. The fourth-order valence-electron chi connectivity index (χ4n) is 4.40. The molecule has 1 aliphatic heterocycles. The minimum atomic E-state index is -0.409. The van der Waals surface area contributed by atoms with Crippen LogP contribution in [-0.4, -0.2) is 34.7 Å². The molecule has 2 N–H and O–H groups in total. The van der Waals surface area contributed by atoms with Gasteiger partial charge >= 0.3 is 11.9 Å². The molecule has 6 heteroatoms. The molecule has 1 saturated heterocycles. The van der Waals surface area contributed by atoms with Crippen molar-refractivity contribution in [3.05, 3.63) is 42.1 Å². The Bertz CT molecular complexity index is 787. The van der Waals surface area contributed by atoms with Crippen molar-refractivity contribution in [3.8, 4) is 11.3 Å². The first-order chi connectivity index (χ1) is 13.7. The van der Waals surface area contributed by atoms with Gasteiger partial charge in [-0.15, -0.1) is 0 Å². The second kappa shape index (κ2) is 8.69. The molecule has 2 heterocycles. The molecule has 1 aliphatic carbocycles. The first kappa shape index (κ1) is 18.9. The van der Waals surface area contributed by atoms with E-state index >= 15 is 0 Å². The summed E-state index contributed by atoms with van der Waals surface area (Å²) in [5.74, 6) is 0.0735. The van der Waals surface area contributed by atoms with Gasteiger partial charge in [0.05, 0.1) is 5.69 Å². The zero-order valence-corrected chi connectivity index (χ0v) is 16.0. The van der Waals surface area contributed by atoms with Gasteiger partial charge < -0.3 is 10.1 Å². The Morgan fingerprint density at radius 2 is 1.82 bits per heavy atom. The summed E-state index contributed by atoms with van der Waals surface area (Å²) in [7, 11) is 0. The van der Waals surface area contributed by atoms with Gasteiger partial charge in [-0.1, -0.05) is 24.3 Å². The van der Waals surface area contributed by atoms with Gasteiger partial charge in [0.15, 0.2) is 0 Å². The normalized spacial score (nSPS) is 24.8. The number of hydrogen-bond donors (Lipinski definition) is 2. The van der Waals surface area contributed by atoms with E-state index in [9.17, 15) is 9.59 Å². The molecule has 28 heavy (non-hydrogen) atoms. The van der Waals surface area contributed by atoms with Crippen LogP contribution >= 0.6 is 0 Å². The van der Waals surface area contributed by atoms with Gasteiger partial charge in [0, 0.05) is 12.6 Å². The Balaban J connectivity index is 1.24. The third-order valence-corrected chi connectivity index (χ3v) is 6.06. The Hall–Kier alpha value is -2.47. The van der Waals surface area contributed by atoms with E-state index in [1.54, 1.807) is 6.20 Å². The van der Waals surface area contributed by atoms with E-state index in [4.69, 9.17) is 4.74 Å². The van der Waals surface area contributed by atoms with Gasteiger partial charge in [-0.2, -0.15) is 5.10 Å². The zero-order chi connectivity index (χ0) is 19.3. The van der Waals surface area contributed by atoms with E-state index in [0.29, 0.717) is 18.3 Å². The molecule has 0 amide bonds. The molecule has 1 saturated carbocycles. The Kier molecular flexibility index (Phi) is 5.86. The lowest BCUT2D eigenvalue weighted by atomic mass is 9.77. The average molecular weight is 381 g/mol. The second-order valence-corrected chi connectivity index (χ2v) is 7.96. The third kappa shape index (κ3) is 4.50. The maximum Gasteiger partial charge on any atom is 0.330 e. The van der Waals surface area contributed by atoms with Crippen LogP contribution in [0.2, 0.25) is 0 Å². The number of H-pyrrole nitrogens is 1. The number of nitrogens with one attached hydrogen (secondary N) is 2. The van der Waals surface area contributed by atoms with Crippen molar-refractivity contribution in [1.29, 1.82) is 0 Å². The van der Waals surface area contributed by atoms with Gasteiger partial charge in [-0.25, -0.2) is 4.79 Å². The lowest BCUT2D eigenvalue weighted by Crippen LogP contribution is -2.34. The van der Waals surface area contributed by atoms with Crippen molar-refractivity contribution < 1.29 is 14.3 Å².